The van der Waals surface area contributed by atoms with Crippen LogP contribution < -0.4 is 5.32 Å². The molecular weight excluding hydrogens is 463 g/mol. The molecule has 0 saturated heterocycles. The van der Waals surface area contributed by atoms with Gasteiger partial charge in [0, 0.05) is 31.5 Å². The molecule has 0 bridgehead atoms. The van der Waals surface area contributed by atoms with Crippen LogP contribution in [0, 0.1) is 5.82 Å². The summed E-state index contributed by atoms with van der Waals surface area (Å²) in [6, 6.07) is 23.7. The summed E-state index contributed by atoms with van der Waals surface area (Å²) in [7, 11) is 0. The molecule has 3 aromatic carbocycles. The summed E-state index contributed by atoms with van der Waals surface area (Å²) in [4.78, 5) is 28.6. The summed E-state index contributed by atoms with van der Waals surface area (Å²) in [6.07, 6.45) is 1.92. The number of aryl methyl sites for hydroxylation is 1. The lowest BCUT2D eigenvalue weighted by molar-refractivity contribution is -0.141. The van der Waals surface area contributed by atoms with E-state index in [-0.39, 0.29) is 36.0 Å². The molecule has 5 heteroatoms. The Labute approximate surface area is 220 Å². The highest BCUT2D eigenvalue weighted by Gasteiger charge is 2.30. The summed E-state index contributed by atoms with van der Waals surface area (Å²) in [5.74, 6) is -0.772. The van der Waals surface area contributed by atoms with Gasteiger partial charge in [-0.3, -0.25) is 9.59 Å². The van der Waals surface area contributed by atoms with Gasteiger partial charge in [0.1, 0.15) is 11.9 Å². The Morgan fingerprint density at radius 3 is 2.16 bits per heavy atom. The number of hydrogen-bond acceptors (Lipinski definition) is 2. The van der Waals surface area contributed by atoms with Crippen LogP contribution in [0.1, 0.15) is 62.8 Å². The third-order valence-electron chi connectivity index (χ3n) is 6.57. The highest BCUT2D eigenvalue weighted by atomic mass is 19.1. The van der Waals surface area contributed by atoms with Crippen molar-refractivity contribution in [1.29, 1.82) is 0 Å². The molecule has 1 N–H and O–H groups in total. The lowest BCUT2D eigenvalue weighted by Crippen LogP contribution is -2.50. The summed E-state index contributed by atoms with van der Waals surface area (Å²) >= 11 is 0. The highest BCUT2D eigenvalue weighted by molar-refractivity contribution is 5.88. The number of hydrogen-bond donors (Lipinski definition) is 1. The van der Waals surface area contributed by atoms with Crippen LogP contribution in [0.25, 0.3) is 0 Å². The van der Waals surface area contributed by atoms with E-state index in [1.807, 2.05) is 37.3 Å². The van der Waals surface area contributed by atoms with Crippen LogP contribution in [-0.2, 0) is 34.4 Å². The van der Waals surface area contributed by atoms with Gasteiger partial charge in [-0.1, -0.05) is 100 Å². The van der Waals surface area contributed by atoms with E-state index >= 15 is 0 Å². The SMILES string of the molecule is CCCNC(=O)[C@@H](Cc1ccccc1)N(Cc1ccccc1F)C(=O)CCc1ccc(C(C)(C)C)cc1. The number of amides is 2. The number of benzene rings is 3. The fourth-order valence-corrected chi connectivity index (χ4v) is 4.30. The summed E-state index contributed by atoms with van der Waals surface area (Å²) in [6.45, 7) is 9.05. The monoisotopic (exact) mass is 502 g/mol. The second-order valence-electron chi connectivity index (χ2n) is 10.6. The molecule has 0 heterocycles. The Balaban J connectivity index is 1.87. The van der Waals surface area contributed by atoms with Gasteiger partial charge in [-0.05, 0) is 41.0 Å². The van der Waals surface area contributed by atoms with Crippen molar-refractivity contribution in [3.05, 3.63) is 107 Å². The molecule has 0 aromatic heterocycles. The zero-order chi connectivity index (χ0) is 26.8. The fraction of sp³-hybridized carbons (Fsp3) is 0.375. The molecule has 0 radical (unpaired) electrons. The van der Waals surface area contributed by atoms with Gasteiger partial charge in [0.25, 0.3) is 0 Å². The van der Waals surface area contributed by atoms with Crippen molar-refractivity contribution >= 4 is 11.8 Å². The van der Waals surface area contributed by atoms with Crippen molar-refractivity contribution in [2.75, 3.05) is 6.54 Å². The molecule has 0 fully saturated rings. The molecule has 3 rings (SSSR count). The van der Waals surface area contributed by atoms with Crippen molar-refractivity contribution in [2.24, 2.45) is 0 Å². The molecule has 1 atom stereocenters. The molecule has 0 spiro atoms. The number of carbonyl (C=O) groups excluding carboxylic acids is 2. The Morgan fingerprint density at radius 2 is 1.54 bits per heavy atom. The predicted octanol–water partition coefficient (Wildman–Crippen LogP) is 6.22. The number of halogens is 1. The molecule has 196 valence electrons. The minimum atomic E-state index is -0.746. The van der Waals surface area contributed by atoms with Crippen LogP contribution in [-0.4, -0.2) is 29.3 Å². The molecular formula is C32H39FN2O2. The first-order chi connectivity index (χ1) is 17.7. The molecule has 0 aliphatic heterocycles. The van der Waals surface area contributed by atoms with Crippen molar-refractivity contribution in [2.45, 2.75) is 71.4 Å². The van der Waals surface area contributed by atoms with Crippen molar-refractivity contribution in [1.82, 2.24) is 10.2 Å². The van der Waals surface area contributed by atoms with Crippen LogP contribution in [0.5, 0.6) is 0 Å². The molecule has 0 unspecified atom stereocenters. The first-order valence-electron chi connectivity index (χ1n) is 13.1. The number of nitrogens with one attached hydrogen (secondary N) is 1. The van der Waals surface area contributed by atoms with Gasteiger partial charge in [0.15, 0.2) is 0 Å². The van der Waals surface area contributed by atoms with E-state index in [1.165, 1.54) is 11.6 Å². The summed E-state index contributed by atoms with van der Waals surface area (Å²) in [5.41, 5.74) is 3.69. The maximum Gasteiger partial charge on any atom is 0.243 e. The van der Waals surface area contributed by atoms with Crippen molar-refractivity contribution in [3.8, 4) is 0 Å². The van der Waals surface area contributed by atoms with Crippen LogP contribution in [0.2, 0.25) is 0 Å². The predicted molar refractivity (Wildman–Crippen MR) is 148 cm³/mol. The largest absolute Gasteiger partial charge is 0.354 e. The standard InChI is InChI=1S/C32H39FN2O2/c1-5-21-34-31(37)29(22-25-11-7-6-8-12-25)35(23-26-13-9-10-14-28(26)33)30(36)20-17-24-15-18-27(19-16-24)32(2,3)4/h6-16,18-19,29H,5,17,20-23H2,1-4H3,(H,34,37)/t29-/m1/s1. The molecule has 2 amide bonds. The topological polar surface area (TPSA) is 49.4 Å². The normalized spacial score (nSPS) is 12.1. The smallest absolute Gasteiger partial charge is 0.243 e. The van der Waals surface area contributed by atoms with Gasteiger partial charge in [-0.25, -0.2) is 4.39 Å². The van der Waals surface area contributed by atoms with E-state index in [0.29, 0.717) is 24.9 Å². The number of rotatable bonds is 11. The fourth-order valence-electron chi connectivity index (χ4n) is 4.30. The Bertz CT molecular complexity index is 1150. The molecule has 0 aliphatic rings. The minimum Gasteiger partial charge on any atom is -0.354 e. The maximum absolute atomic E-state index is 14.7. The van der Waals surface area contributed by atoms with Gasteiger partial charge in [-0.15, -0.1) is 0 Å². The zero-order valence-corrected chi connectivity index (χ0v) is 22.5. The molecule has 0 saturated carbocycles. The molecule has 37 heavy (non-hydrogen) atoms. The van der Waals surface area contributed by atoms with E-state index in [0.717, 1.165) is 17.5 Å². The van der Waals surface area contributed by atoms with E-state index in [9.17, 15) is 14.0 Å². The molecule has 0 aliphatic carbocycles. The van der Waals surface area contributed by atoms with Gasteiger partial charge in [0.2, 0.25) is 11.8 Å². The van der Waals surface area contributed by atoms with Crippen LogP contribution in [0.4, 0.5) is 4.39 Å². The van der Waals surface area contributed by atoms with E-state index < -0.39 is 6.04 Å². The maximum atomic E-state index is 14.7. The Kier molecular flexibility index (Phi) is 10.0. The summed E-state index contributed by atoms with van der Waals surface area (Å²) < 4.78 is 14.7. The average molecular weight is 503 g/mol. The third kappa shape index (κ3) is 8.28. The highest BCUT2D eigenvalue weighted by Crippen LogP contribution is 2.23. The summed E-state index contributed by atoms with van der Waals surface area (Å²) in [5, 5.41) is 2.96. The first kappa shape index (κ1) is 28.1. The third-order valence-corrected chi connectivity index (χ3v) is 6.57. The quantitative estimate of drug-likeness (QED) is 0.338. The number of nitrogens with zero attached hydrogens (tertiary/aromatic N) is 1. The van der Waals surface area contributed by atoms with Crippen LogP contribution >= 0.6 is 0 Å². The van der Waals surface area contributed by atoms with Crippen LogP contribution in [0.3, 0.4) is 0 Å². The van der Waals surface area contributed by atoms with Gasteiger partial charge in [0.05, 0.1) is 0 Å². The average Bonchev–Trinajstić information content (AvgIpc) is 2.89. The Morgan fingerprint density at radius 1 is 0.892 bits per heavy atom. The van der Waals surface area contributed by atoms with Crippen LogP contribution in [0.15, 0.2) is 78.9 Å². The first-order valence-corrected chi connectivity index (χ1v) is 13.1. The van der Waals surface area contributed by atoms with Gasteiger partial charge < -0.3 is 10.2 Å². The van der Waals surface area contributed by atoms with E-state index in [2.05, 4.69) is 50.4 Å². The van der Waals surface area contributed by atoms with E-state index in [1.54, 1.807) is 23.1 Å². The van der Waals surface area contributed by atoms with Gasteiger partial charge >= 0.3 is 0 Å². The van der Waals surface area contributed by atoms with Crippen molar-refractivity contribution in [3.63, 3.8) is 0 Å². The van der Waals surface area contributed by atoms with Crippen molar-refractivity contribution < 1.29 is 14.0 Å². The lowest BCUT2D eigenvalue weighted by atomic mass is 9.86. The van der Waals surface area contributed by atoms with E-state index in [4.69, 9.17) is 0 Å². The lowest BCUT2D eigenvalue weighted by Gasteiger charge is -2.32. The Hall–Kier alpha value is -3.47. The van der Waals surface area contributed by atoms with Gasteiger partial charge in [-0.2, -0.15) is 0 Å². The second-order valence-corrected chi connectivity index (χ2v) is 10.6. The molecule has 4 nitrogen and oxygen atoms in total. The molecule has 3 aromatic rings. The minimum absolute atomic E-state index is 0.0332. The number of carbonyl (C=O) groups is 2. The second kappa shape index (κ2) is 13.2. The zero-order valence-electron chi connectivity index (χ0n) is 22.5.